The minimum absolute atomic E-state index is 0.483. The van der Waals surface area contributed by atoms with Crippen molar-refractivity contribution in [2.45, 2.75) is 33.2 Å². The Bertz CT molecular complexity index is 333. The largest absolute Gasteiger partial charge is 0.317 e. The molecular weight excluding hydrogens is 210 g/mol. The van der Waals surface area contributed by atoms with E-state index in [9.17, 15) is 0 Å². The second kappa shape index (κ2) is 4.99. The van der Waals surface area contributed by atoms with Crippen LogP contribution in [0.15, 0.2) is 0 Å². The number of hydrogen-bond acceptors (Lipinski definition) is 2. The molecule has 1 aromatic rings. The molecule has 0 aliphatic heterocycles. The average molecular weight is 230 g/mol. The van der Waals surface area contributed by atoms with Gasteiger partial charge in [-0.1, -0.05) is 18.5 Å². The minimum atomic E-state index is 0.483. The van der Waals surface area contributed by atoms with Crippen molar-refractivity contribution in [1.82, 2.24) is 15.1 Å². The predicted octanol–water partition coefficient (Wildman–Crippen LogP) is 2.17. The van der Waals surface area contributed by atoms with Gasteiger partial charge in [-0.2, -0.15) is 5.10 Å². The zero-order valence-electron chi connectivity index (χ0n) is 10.1. The van der Waals surface area contributed by atoms with E-state index in [1.54, 1.807) is 0 Å². The number of aryl methyl sites for hydroxylation is 2. The highest BCUT2D eigenvalue weighted by Gasteiger charge is 2.17. The molecule has 0 saturated heterocycles. The Morgan fingerprint density at radius 1 is 1.47 bits per heavy atom. The van der Waals surface area contributed by atoms with Crippen LogP contribution in [0.3, 0.4) is 0 Å². The fourth-order valence-electron chi connectivity index (χ4n) is 1.67. The van der Waals surface area contributed by atoms with Crippen LogP contribution in [0.1, 0.15) is 25.2 Å². The summed E-state index contributed by atoms with van der Waals surface area (Å²) in [4.78, 5) is 0. The van der Waals surface area contributed by atoms with Gasteiger partial charge in [-0.3, -0.25) is 4.68 Å². The molecule has 1 rings (SSSR count). The third-order valence-electron chi connectivity index (χ3n) is 3.09. The summed E-state index contributed by atoms with van der Waals surface area (Å²) in [6.07, 6.45) is 0.957. The zero-order chi connectivity index (χ0) is 11.6. The van der Waals surface area contributed by atoms with Crippen LogP contribution in [0.4, 0.5) is 0 Å². The molecule has 15 heavy (non-hydrogen) atoms. The molecule has 0 bridgehead atoms. The lowest BCUT2D eigenvalue weighted by molar-refractivity contribution is 0.414. The van der Waals surface area contributed by atoms with E-state index in [0.29, 0.717) is 12.0 Å². The summed E-state index contributed by atoms with van der Waals surface area (Å²) in [6, 6.07) is 0.483. The van der Waals surface area contributed by atoms with Gasteiger partial charge >= 0.3 is 0 Å². The maximum absolute atomic E-state index is 6.20. The Morgan fingerprint density at radius 3 is 2.47 bits per heavy atom. The second-order valence-electron chi connectivity index (χ2n) is 4.23. The highest BCUT2D eigenvalue weighted by atomic mass is 35.5. The van der Waals surface area contributed by atoms with Gasteiger partial charge in [0.05, 0.1) is 16.4 Å². The van der Waals surface area contributed by atoms with E-state index >= 15 is 0 Å². The van der Waals surface area contributed by atoms with Crippen LogP contribution >= 0.6 is 11.6 Å². The van der Waals surface area contributed by atoms with Crippen molar-refractivity contribution in [3.63, 3.8) is 0 Å². The van der Waals surface area contributed by atoms with Crippen LogP contribution in [0, 0.1) is 12.8 Å². The molecule has 1 aromatic heterocycles. The molecule has 0 spiro atoms. The first-order valence-electron chi connectivity index (χ1n) is 5.32. The first-order chi connectivity index (χ1) is 6.97. The van der Waals surface area contributed by atoms with Crippen LogP contribution in [-0.4, -0.2) is 22.9 Å². The Kier molecular flexibility index (Phi) is 4.17. The van der Waals surface area contributed by atoms with Gasteiger partial charge in [0.15, 0.2) is 0 Å². The summed E-state index contributed by atoms with van der Waals surface area (Å²) < 4.78 is 1.89. The molecule has 0 aliphatic carbocycles. The van der Waals surface area contributed by atoms with Gasteiger partial charge in [0, 0.05) is 13.1 Å². The molecule has 3 nitrogen and oxygen atoms in total. The van der Waals surface area contributed by atoms with Gasteiger partial charge in [-0.25, -0.2) is 0 Å². The topological polar surface area (TPSA) is 29.9 Å². The number of rotatable bonds is 4. The molecule has 2 unspecified atom stereocenters. The van der Waals surface area contributed by atoms with E-state index in [1.807, 2.05) is 25.7 Å². The normalized spacial score (nSPS) is 15.3. The molecule has 0 radical (unpaired) electrons. The third-order valence-corrected chi connectivity index (χ3v) is 3.58. The quantitative estimate of drug-likeness (QED) is 0.858. The van der Waals surface area contributed by atoms with E-state index in [-0.39, 0.29) is 0 Å². The van der Waals surface area contributed by atoms with E-state index in [0.717, 1.165) is 22.8 Å². The van der Waals surface area contributed by atoms with Crippen molar-refractivity contribution < 1.29 is 0 Å². The van der Waals surface area contributed by atoms with Gasteiger partial charge in [0.25, 0.3) is 0 Å². The number of hydrogen-bond donors (Lipinski definition) is 1. The van der Waals surface area contributed by atoms with Gasteiger partial charge < -0.3 is 5.32 Å². The van der Waals surface area contributed by atoms with Crippen LogP contribution < -0.4 is 5.32 Å². The smallest absolute Gasteiger partial charge is 0.0847 e. The zero-order valence-corrected chi connectivity index (χ0v) is 10.9. The van der Waals surface area contributed by atoms with E-state index in [2.05, 4.69) is 24.3 Å². The summed E-state index contributed by atoms with van der Waals surface area (Å²) in [5.74, 6) is 0.544. The van der Waals surface area contributed by atoms with Crippen molar-refractivity contribution >= 4 is 11.6 Å². The third kappa shape index (κ3) is 2.73. The lowest BCUT2D eigenvalue weighted by atomic mass is 9.98. The molecule has 4 heteroatoms. The van der Waals surface area contributed by atoms with Crippen LogP contribution in [0.5, 0.6) is 0 Å². The second-order valence-corrected chi connectivity index (χ2v) is 4.61. The SMILES string of the molecule is CNC(C)C(C)Cc1c(Cl)c(C)nn1C. The number of nitrogens with zero attached hydrogens (tertiary/aromatic N) is 2. The van der Waals surface area contributed by atoms with E-state index < -0.39 is 0 Å². The first-order valence-corrected chi connectivity index (χ1v) is 5.70. The fraction of sp³-hybridized carbons (Fsp3) is 0.727. The Labute approximate surface area is 96.8 Å². The average Bonchev–Trinajstić information content (AvgIpc) is 2.43. The van der Waals surface area contributed by atoms with Gasteiger partial charge in [0.1, 0.15) is 0 Å². The highest BCUT2D eigenvalue weighted by Crippen LogP contribution is 2.23. The minimum Gasteiger partial charge on any atom is -0.317 e. The monoisotopic (exact) mass is 229 g/mol. The van der Waals surface area contributed by atoms with Gasteiger partial charge in [0.2, 0.25) is 0 Å². The van der Waals surface area contributed by atoms with Gasteiger partial charge in [-0.15, -0.1) is 0 Å². The molecule has 1 N–H and O–H groups in total. The molecule has 0 amide bonds. The summed E-state index contributed by atoms with van der Waals surface area (Å²) in [5, 5.41) is 8.38. The van der Waals surface area contributed by atoms with Gasteiger partial charge in [-0.05, 0) is 33.2 Å². The number of nitrogens with one attached hydrogen (secondary N) is 1. The molecular formula is C11H20ClN3. The molecule has 0 fully saturated rings. The van der Waals surface area contributed by atoms with E-state index in [1.165, 1.54) is 0 Å². The van der Waals surface area contributed by atoms with Crippen LogP contribution in [0.25, 0.3) is 0 Å². The summed E-state index contributed by atoms with van der Waals surface area (Å²) in [5.41, 5.74) is 2.04. The Morgan fingerprint density at radius 2 is 2.07 bits per heavy atom. The highest BCUT2D eigenvalue weighted by molar-refractivity contribution is 6.31. The lowest BCUT2D eigenvalue weighted by Crippen LogP contribution is -2.30. The van der Waals surface area contributed by atoms with Crippen LogP contribution in [0.2, 0.25) is 5.02 Å². The lowest BCUT2D eigenvalue weighted by Gasteiger charge is -2.19. The molecule has 1 heterocycles. The number of halogens is 1. The molecule has 0 aromatic carbocycles. The molecule has 2 atom stereocenters. The summed E-state index contributed by atoms with van der Waals surface area (Å²) in [7, 11) is 3.93. The maximum atomic E-state index is 6.20. The Balaban J connectivity index is 2.80. The van der Waals surface area contributed by atoms with Crippen LogP contribution in [-0.2, 0) is 13.5 Å². The maximum Gasteiger partial charge on any atom is 0.0847 e. The number of aromatic nitrogens is 2. The van der Waals surface area contributed by atoms with Crippen molar-refractivity contribution in [3.05, 3.63) is 16.4 Å². The van der Waals surface area contributed by atoms with E-state index in [4.69, 9.17) is 11.6 Å². The molecule has 0 aliphatic rings. The predicted molar refractivity (Wildman–Crippen MR) is 64.3 cm³/mol. The van der Waals surface area contributed by atoms with Crippen molar-refractivity contribution in [2.24, 2.45) is 13.0 Å². The summed E-state index contributed by atoms with van der Waals surface area (Å²) in [6.45, 7) is 6.35. The standard InChI is InChI=1S/C11H20ClN3/c1-7(8(2)13-4)6-10-11(12)9(3)14-15(10)5/h7-8,13H,6H2,1-5H3. The van der Waals surface area contributed by atoms with Crippen molar-refractivity contribution in [2.75, 3.05) is 7.05 Å². The Hall–Kier alpha value is -0.540. The van der Waals surface area contributed by atoms with Crippen molar-refractivity contribution in [3.8, 4) is 0 Å². The first kappa shape index (κ1) is 12.5. The fourth-order valence-corrected chi connectivity index (χ4v) is 1.91. The summed E-state index contributed by atoms with van der Waals surface area (Å²) >= 11 is 6.20. The van der Waals surface area contributed by atoms with Crippen molar-refractivity contribution in [1.29, 1.82) is 0 Å². The molecule has 0 saturated carbocycles. The molecule has 86 valence electrons.